The van der Waals surface area contributed by atoms with Crippen molar-refractivity contribution >= 4 is 17.5 Å². The van der Waals surface area contributed by atoms with E-state index >= 15 is 0 Å². The zero-order valence-corrected chi connectivity index (χ0v) is 14.5. The summed E-state index contributed by atoms with van der Waals surface area (Å²) in [6, 6.07) is 3.10. The second-order valence-electron chi connectivity index (χ2n) is 6.22. The number of fused-ring (bicyclic) bond motifs is 2. The lowest BCUT2D eigenvalue weighted by Gasteiger charge is -2.26. The van der Waals surface area contributed by atoms with Gasteiger partial charge in [0, 0.05) is 19.2 Å². The van der Waals surface area contributed by atoms with Crippen LogP contribution in [-0.2, 0) is 4.79 Å². The number of hydrogen-bond acceptors (Lipinski definition) is 4. The third-order valence-corrected chi connectivity index (χ3v) is 4.82. The molecule has 0 saturated carbocycles. The number of rotatable bonds is 5. The average molecular weight is 332 g/mol. The molecule has 2 aliphatic rings. The van der Waals surface area contributed by atoms with Crippen LogP contribution in [0.5, 0.6) is 11.5 Å². The van der Waals surface area contributed by atoms with Gasteiger partial charge in [0.15, 0.2) is 11.5 Å². The van der Waals surface area contributed by atoms with Crippen molar-refractivity contribution in [3.05, 3.63) is 17.7 Å². The molecule has 130 valence electrons. The normalized spacial score (nSPS) is 19.9. The summed E-state index contributed by atoms with van der Waals surface area (Å²) in [5, 5.41) is 0. The molecule has 1 aromatic carbocycles. The van der Waals surface area contributed by atoms with E-state index in [0.717, 1.165) is 25.7 Å². The molecule has 2 heterocycles. The molecule has 1 saturated heterocycles. The number of amides is 2. The molecule has 0 spiro atoms. The van der Waals surface area contributed by atoms with Gasteiger partial charge in [0.1, 0.15) is 6.04 Å². The lowest BCUT2D eigenvalue weighted by molar-refractivity contribution is -0.122. The second kappa shape index (κ2) is 6.71. The van der Waals surface area contributed by atoms with E-state index in [1.807, 2.05) is 0 Å². The van der Waals surface area contributed by atoms with Gasteiger partial charge in [-0.1, -0.05) is 13.3 Å². The molecule has 0 bridgehead atoms. The van der Waals surface area contributed by atoms with Crippen LogP contribution >= 0.6 is 0 Å². The van der Waals surface area contributed by atoms with E-state index in [0.29, 0.717) is 35.8 Å². The van der Waals surface area contributed by atoms with Crippen molar-refractivity contribution in [1.82, 2.24) is 4.90 Å². The van der Waals surface area contributed by atoms with Gasteiger partial charge in [-0.25, -0.2) is 0 Å². The smallest absolute Gasteiger partial charge is 0.256 e. The lowest BCUT2D eigenvalue weighted by Crippen LogP contribution is -2.45. The van der Waals surface area contributed by atoms with Crippen molar-refractivity contribution < 1.29 is 19.1 Å². The minimum Gasteiger partial charge on any atom is -0.493 e. The monoisotopic (exact) mass is 332 g/mol. The molecule has 1 atom stereocenters. The third-order valence-electron chi connectivity index (χ3n) is 4.82. The van der Waals surface area contributed by atoms with Crippen LogP contribution in [0.15, 0.2) is 12.1 Å². The van der Waals surface area contributed by atoms with Crippen LogP contribution in [0, 0.1) is 0 Å². The Bertz CT molecular complexity index is 659. The fourth-order valence-corrected chi connectivity index (χ4v) is 3.53. The summed E-state index contributed by atoms with van der Waals surface area (Å²) in [5.74, 6) is 0.951. The summed E-state index contributed by atoms with van der Waals surface area (Å²) in [4.78, 5) is 29.5. The van der Waals surface area contributed by atoms with Crippen molar-refractivity contribution in [3.8, 4) is 11.5 Å². The average Bonchev–Trinajstić information content (AvgIpc) is 3.07. The van der Waals surface area contributed by atoms with E-state index in [4.69, 9.17) is 9.47 Å². The largest absolute Gasteiger partial charge is 0.493 e. The van der Waals surface area contributed by atoms with E-state index in [2.05, 4.69) is 6.92 Å². The first-order valence-corrected chi connectivity index (χ1v) is 8.50. The van der Waals surface area contributed by atoms with E-state index in [9.17, 15) is 9.59 Å². The Morgan fingerprint density at radius 2 is 1.88 bits per heavy atom. The first-order valence-electron chi connectivity index (χ1n) is 8.50. The molecule has 3 rings (SSSR count). The van der Waals surface area contributed by atoms with Gasteiger partial charge in [-0.05, 0) is 25.3 Å². The summed E-state index contributed by atoms with van der Waals surface area (Å²) in [6.45, 7) is 3.32. The topological polar surface area (TPSA) is 59.1 Å². The Hall–Kier alpha value is -2.24. The highest BCUT2D eigenvalue weighted by atomic mass is 16.5. The first kappa shape index (κ1) is 16.6. The molecular formula is C18H24N2O4. The summed E-state index contributed by atoms with van der Waals surface area (Å²) < 4.78 is 10.7. The molecule has 0 N–H and O–H groups in total. The zero-order chi connectivity index (χ0) is 17.3. The molecule has 0 radical (unpaired) electrons. The van der Waals surface area contributed by atoms with Crippen LogP contribution in [-0.4, -0.2) is 50.1 Å². The van der Waals surface area contributed by atoms with Gasteiger partial charge in [0.25, 0.3) is 5.91 Å². The summed E-state index contributed by atoms with van der Waals surface area (Å²) in [5.41, 5.74) is 1.15. The maximum atomic E-state index is 13.1. The molecular weight excluding hydrogens is 308 g/mol. The van der Waals surface area contributed by atoms with Gasteiger partial charge in [-0.3, -0.25) is 9.59 Å². The Morgan fingerprint density at radius 1 is 1.17 bits per heavy atom. The molecule has 2 aliphatic heterocycles. The second-order valence-corrected chi connectivity index (χ2v) is 6.22. The Kier molecular flexibility index (Phi) is 4.64. The number of anilines is 1. The number of carbonyl (C=O) groups excluding carboxylic acids is 2. The SMILES string of the molecule is CCCCN1C(=O)[C@@H]2CCCN2C(=O)c2cc(OC)c(OC)cc21. The number of benzene rings is 1. The predicted molar refractivity (Wildman–Crippen MR) is 90.9 cm³/mol. The molecule has 0 aliphatic carbocycles. The van der Waals surface area contributed by atoms with Gasteiger partial charge >= 0.3 is 0 Å². The van der Waals surface area contributed by atoms with Crippen LogP contribution in [0.2, 0.25) is 0 Å². The number of carbonyl (C=O) groups is 2. The molecule has 2 amide bonds. The molecule has 0 aromatic heterocycles. The highest BCUT2D eigenvalue weighted by molar-refractivity contribution is 6.11. The van der Waals surface area contributed by atoms with Crippen LogP contribution in [0.25, 0.3) is 0 Å². The number of nitrogens with zero attached hydrogens (tertiary/aromatic N) is 2. The third kappa shape index (κ3) is 2.60. The quantitative estimate of drug-likeness (QED) is 0.831. The predicted octanol–water partition coefficient (Wildman–Crippen LogP) is 2.46. The lowest BCUT2D eigenvalue weighted by atomic mass is 10.1. The molecule has 6 nitrogen and oxygen atoms in total. The highest BCUT2D eigenvalue weighted by Gasteiger charge is 2.42. The molecule has 24 heavy (non-hydrogen) atoms. The molecule has 6 heteroatoms. The highest BCUT2D eigenvalue weighted by Crippen LogP contribution is 2.39. The fourth-order valence-electron chi connectivity index (χ4n) is 3.53. The van der Waals surface area contributed by atoms with Crippen molar-refractivity contribution in [2.75, 3.05) is 32.2 Å². The van der Waals surface area contributed by atoms with Crippen LogP contribution in [0.3, 0.4) is 0 Å². The van der Waals surface area contributed by atoms with Crippen LogP contribution < -0.4 is 14.4 Å². The fraction of sp³-hybridized carbons (Fsp3) is 0.556. The molecule has 1 fully saturated rings. The van der Waals surface area contributed by atoms with Gasteiger partial charge in [0.2, 0.25) is 5.91 Å². The Balaban J connectivity index is 2.15. The van der Waals surface area contributed by atoms with Gasteiger partial charge < -0.3 is 19.3 Å². The van der Waals surface area contributed by atoms with Crippen LogP contribution in [0.4, 0.5) is 5.69 Å². The van der Waals surface area contributed by atoms with Crippen molar-refractivity contribution in [1.29, 1.82) is 0 Å². The maximum absolute atomic E-state index is 13.1. The maximum Gasteiger partial charge on any atom is 0.256 e. The van der Waals surface area contributed by atoms with Crippen molar-refractivity contribution in [3.63, 3.8) is 0 Å². The van der Waals surface area contributed by atoms with E-state index in [1.165, 1.54) is 0 Å². The minimum absolute atomic E-state index is 0.0141. The standard InChI is InChI=1S/C18H24N2O4/c1-4-5-8-20-14-11-16(24-3)15(23-2)10-12(14)17(21)19-9-6-7-13(19)18(20)22/h10-11,13H,4-9H2,1-3H3/t13-/m0/s1. The number of unbranched alkanes of at least 4 members (excludes halogenated alkanes) is 1. The van der Waals surface area contributed by atoms with E-state index < -0.39 is 0 Å². The van der Waals surface area contributed by atoms with Crippen molar-refractivity contribution in [2.24, 2.45) is 0 Å². The number of methoxy groups -OCH3 is 2. The van der Waals surface area contributed by atoms with Gasteiger partial charge in [-0.2, -0.15) is 0 Å². The minimum atomic E-state index is -0.348. The first-order chi connectivity index (χ1) is 11.6. The van der Waals surface area contributed by atoms with Gasteiger partial charge in [0.05, 0.1) is 25.5 Å². The number of ether oxygens (including phenoxy) is 2. The Morgan fingerprint density at radius 3 is 2.54 bits per heavy atom. The van der Waals surface area contributed by atoms with Gasteiger partial charge in [-0.15, -0.1) is 0 Å². The number of hydrogen-bond donors (Lipinski definition) is 0. The molecule has 0 unspecified atom stereocenters. The van der Waals surface area contributed by atoms with E-state index in [1.54, 1.807) is 36.2 Å². The molecule has 1 aromatic rings. The van der Waals surface area contributed by atoms with E-state index in [-0.39, 0.29) is 17.9 Å². The zero-order valence-electron chi connectivity index (χ0n) is 14.5. The summed E-state index contributed by atoms with van der Waals surface area (Å²) >= 11 is 0. The van der Waals surface area contributed by atoms with Crippen molar-refractivity contribution in [2.45, 2.75) is 38.6 Å². The summed E-state index contributed by atoms with van der Waals surface area (Å²) in [6.07, 6.45) is 3.47. The summed E-state index contributed by atoms with van der Waals surface area (Å²) in [7, 11) is 3.10. The Labute approximate surface area is 142 Å². The van der Waals surface area contributed by atoms with Crippen LogP contribution in [0.1, 0.15) is 43.0 Å².